The minimum absolute atomic E-state index is 0.00558. The zero-order chi connectivity index (χ0) is 21.7. The first-order valence-corrected chi connectivity index (χ1v) is 9.35. The highest BCUT2D eigenvalue weighted by Crippen LogP contribution is 2.35. The van der Waals surface area contributed by atoms with Crippen LogP contribution < -0.4 is 19.7 Å². The second-order valence-electron chi connectivity index (χ2n) is 6.59. The first kappa shape index (κ1) is 21.4. The standard InChI is InChI=1S/C21H22F2N2O5/c1-28-17-7-5-6-14(18(17)30-21(22)23)19(26)24-15-12-13(20(27)29-2)8-9-16(15)25-10-3-4-11-25/h5-9,12,21H,3-4,10-11H2,1-2H3,(H,24,26). The van der Waals surface area contributed by atoms with Gasteiger partial charge in [0.15, 0.2) is 11.5 Å². The van der Waals surface area contributed by atoms with Gasteiger partial charge in [0.2, 0.25) is 0 Å². The molecule has 0 saturated carbocycles. The van der Waals surface area contributed by atoms with Crippen molar-refractivity contribution in [2.45, 2.75) is 19.5 Å². The number of nitrogens with one attached hydrogen (secondary N) is 1. The number of methoxy groups -OCH3 is 2. The van der Waals surface area contributed by atoms with Crippen molar-refractivity contribution in [2.24, 2.45) is 0 Å². The molecule has 2 aromatic rings. The number of anilines is 2. The number of benzene rings is 2. The van der Waals surface area contributed by atoms with Crippen LogP contribution in [0.4, 0.5) is 20.2 Å². The first-order chi connectivity index (χ1) is 14.4. The predicted molar refractivity (Wildman–Crippen MR) is 107 cm³/mol. The summed E-state index contributed by atoms with van der Waals surface area (Å²) in [5.41, 5.74) is 1.24. The summed E-state index contributed by atoms with van der Waals surface area (Å²) in [6.07, 6.45) is 2.02. The first-order valence-electron chi connectivity index (χ1n) is 9.35. The van der Waals surface area contributed by atoms with Crippen LogP contribution in [0, 0.1) is 0 Å². The lowest BCUT2D eigenvalue weighted by Crippen LogP contribution is -2.22. The number of nitrogens with zero attached hydrogens (tertiary/aromatic N) is 1. The van der Waals surface area contributed by atoms with Crippen LogP contribution in [0.3, 0.4) is 0 Å². The van der Waals surface area contributed by atoms with Crippen molar-refractivity contribution in [1.29, 1.82) is 0 Å². The fraction of sp³-hybridized carbons (Fsp3) is 0.333. The maximum atomic E-state index is 13.0. The number of alkyl halides is 2. The third-order valence-corrected chi connectivity index (χ3v) is 4.76. The van der Waals surface area contributed by atoms with Gasteiger partial charge in [0.1, 0.15) is 0 Å². The van der Waals surface area contributed by atoms with Crippen LogP contribution in [0.5, 0.6) is 11.5 Å². The Hall–Kier alpha value is -3.36. The summed E-state index contributed by atoms with van der Waals surface area (Å²) in [6.45, 7) is -1.52. The number of ether oxygens (including phenoxy) is 3. The van der Waals surface area contributed by atoms with E-state index < -0.39 is 18.5 Å². The maximum Gasteiger partial charge on any atom is 0.387 e. The monoisotopic (exact) mass is 420 g/mol. The lowest BCUT2D eigenvalue weighted by atomic mass is 10.1. The van der Waals surface area contributed by atoms with E-state index in [1.54, 1.807) is 12.1 Å². The van der Waals surface area contributed by atoms with E-state index >= 15 is 0 Å². The van der Waals surface area contributed by atoms with Crippen LogP contribution in [-0.2, 0) is 4.74 Å². The number of carbonyl (C=O) groups excluding carboxylic acids is 2. The number of rotatable bonds is 7. The van der Waals surface area contributed by atoms with E-state index in [0.717, 1.165) is 31.6 Å². The van der Waals surface area contributed by atoms with E-state index in [4.69, 9.17) is 9.47 Å². The number of hydrogen-bond acceptors (Lipinski definition) is 6. The van der Waals surface area contributed by atoms with E-state index in [1.807, 2.05) is 0 Å². The molecule has 0 unspecified atom stereocenters. The molecule has 1 aliphatic rings. The second-order valence-corrected chi connectivity index (χ2v) is 6.59. The topological polar surface area (TPSA) is 77.1 Å². The molecule has 1 fully saturated rings. The molecular weight excluding hydrogens is 398 g/mol. The molecule has 2 aromatic carbocycles. The summed E-state index contributed by atoms with van der Waals surface area (Å²) in [4.78, 5) is 27.0. The quantitative estimate of drug-likeness (QED) is 0.684. The van der Waals surface area contributed by atoms with Gasteiger partial charge < -0.3 is 24.4 Å². The molecule has 3 rings (SSSR count). The van der Waals surface area contributed by atoms with E-state index in [2.05, 4.69) is 15.0 Å². The molecule has 1 saturated heterocycles. The second kappa shape index (κ2) is 9.43. The molecule has 0 spiro atoms. The van der Waals surface area contributed by atoms with Gasteiger partial charge in [-0.1, -0.05) is 6.07 Å². The lowest BCUT2D eigenvalue weighted by Gasteiger charge is -2.22. The third-order valence-electron chi connectivity index (χ3n) is 4.76. The Morgan fingerprint density at radius 2 is 1.83 bits per heavy atom. The van der Waals surface area contributed by atoms with Crippen LogP contribution in [0.2, 0.25) is 0 Å². The Balaban J connectivity index is 1.98. The van der Waals surface area contributed by atoms with E-state index in [-0.39, 0.29) is 22.6 Å². The summed E-state index contributed by atoms with van der Waals surface area (Å²) in [6, 6.07) is 9.13. The molecule has 0 radical (unpaired) electrons. The summed E-state index contributed by atoms with van der Waals surface area (Å²) >= 11 is 0. The Labute approximate surface area is 172 Å². The van der Waals surface area contributed by atoms with Gasteiger partial charge in [0.05, 0.1) is 36.7 Å². The molecule has 9 heteroatoms. The van der Waals surface area contributed by atoms with Crippen LogP contribution in [-0.4, -0.2) is 45.8 Å². The number of hydrogen-bond donors (Lipinski definition) is 1. The largest absolute Gasteiger partial charge is 0.493 e. The highest BCUT2D eigenvalue weighted by Gasteiger charge is 2.23. The van der Waals surface area contributed by atoms with E-state index in [9.17, 15) is 18.4 Å². The minimum Gasteiger partial charge on any atom is -0.493 e. The molecule has 7 nitrogen and oxygen atoms in total. The highest BCUT2D eigenvalue weighted by molar-refractivity contribution is 6.09. The highest BCUT2D eigenvalue weighted by atomic mass is 19.3. The maximum absolute atomic E-state index is 13.0. The number of para-hydroxylation sites is 1. The van der Waals surface area contributed by atoms with Gasteiger partial charge >= 0.3 is 12.6 Å². The van der Waals surface area contributed by atoms with Crippen molar-refractivity contribution < 1.29 is 32.6 Å². The molecule has 0 atom stereocenters. The van der Waals surface area contributed by atoms with E-state index in [1.165, 1.54) is 38.5 Å². The van der Waals surface area contributed by atoms with Crippen molar-refractivity contribution in [3.63, 3.8) is 0 Å². The molecular formula is C21H22F2N2O5. The summed E-state index contributed by atoms with van der Waals surface area (Å²) in [7, 11) is 2.56. The van der Waals surface area contributed by atoms with Crippen molar-refractivity contribution in [2.75, 3.05) is 37.5 Å². The Morgan fingerprint density at radius 1 is 1.10 bits per heavy atom. The molecule has 1 aliphatic heterocycles. The molecule has 1 N–H and O–H groups in total. The zero-order valence-electron chi connectivity index (χ0n) is 16.6. The van der Waals surface area contributed by atoms with Crippen LogP contribution in [0.25, 0.3) is 0 Å². The van der Waals surface area contributed by atoms with Gasteiger partial charge in [-0.15, -0.1) is 0 Å². The molecule has 0 aliphatic carbocycles. The molecule has 1 heterocycles. The number of esters is 1. The van der Waals surface area contributed by atoms with Gasteiger partial charge in [0, 0.05) is 13.1 Å². The average molecular weight is 420 g/mol. The fourth-order valence-electron chi connectivity index (χ4n) is 3.37. The normalized spacial score (nSPS) is 13.3. The van der Waals surface area contributed by atoms with Crippen molar-refractivity contribution in [1.82, 2.24) is 0 Å². The summed E-state index contributed by atoms with van der Waals surface area (Å²) in [5, 5.41) is 2.72. The molecule has 0 aromatic heterocycles. The van der Waals surface area contributed by atoms with Crippen LogP contribution in [0.15, 0.2) is 36.4 Å². The van der Waals surface area contributed by atoms with Crippen molar-refractivity contribution in [3.8, 4) is 11.5 Å². The Kier molecular flexibility index (Phi) is 6.71. The smallest absolute Gasteiger partial charge is 0.387 e. The summed E-state index contributed by atoms with van der Waals surface area (Å²) < 4.78 is 40.1. The molecule has 1 amide bonds. The van der Waals surface area contributed by atoms with Crippen LogP contribution >= 0.6 is 0 Å². The fourth-order valence-corrected chi connectivity index (χ4v) is 3.37. The third kappa shape index (κ3) is 4.61. The Bertz CT molecular complexity index is 930. The van der Waals surface area contributed by atoms with Gasteiger partial charge in [-0.2, -0.15) is 8.78 Å². The average Bonchev–Trinajstić information content (AvgIpc) is 3.27. The molecule has 30 heavy (non-hydrogen) atoms. The number of amides is 1. The Morgan fingerprint density at radius 3 is 2.47 bits per heavy atom. The van der Waals surface area contributed by atoms with Crippen molar-refractivity contribution >= 4 is 23.3 Å². The SMILES string of the molecule is COC(=O)c1ccc(N2CCCC2)c(NC(=O)c2cccc(OC)c2OC(F)F)c1. The van der Waals surface area contributed by atoms with Gasteiger partial charge in [-0.25, -0.2) is 4.79 Å². The molecule has 0 bridgehead atoms. The minimum atomic E-state index is -3.13. The van der Waals surface area contributed by atoms with E-state index in [0.29, 0.717) is 5.69 Å². The van der Waals surface area contributed by atoms with Crippen LogP contribution in [0.1, 0.15) is 33.6 Å². The summed E-state index contributed by atoms with van der Waals surface area (Å²) in [5.74, 6) is -1.58. The number of halogens is 2. The predicted octanol–water partition coefficient (Wildman–Crippen LogP) is 3.94. The van der Waals surface area contributed by atoms with Gasteiger partial charge in [0.25, 0.3) is 5.91 Å². The van der Waals surface area contributed by atoms with Crippen molar-refractivity contribution in [3.05, 3.63) is 47.5 Å². The molecule has 160 valence electrons. The number of carbonyl (C=O) groups is 2. The lowest BCUT2D eigenvalue weighted by molar-refractivity contribution is -0.0515. The van der Waals surface area contributed by atoms with Gasteiger partial charge in [-0.3, -0.25) is 4.79 Å². The van der Waals surface area contributed by atoms with Gasteiger partial charge in [-0.05, 0) is 43.2 Å². The zero-order valence-corrected chi connectivity index (χ0v) is 16.6.